The summed E-state index contributed by atoms with van der Waals surface area (Å²) in [6, 6.07) is 2.67. The van der Waals surface area contributed by atoms with E-state index in [1.807, 2.05) is 13.0 Å². The molecule has 47 heavy (non-hydrogen) atoms. The summed E-state index contributed by atoms with van der Waals surface area (Å²) in [7, 11) is 4.31. The summed E-state index contributed by atoms with van der Waals surface area (Å²) in [4.78, 5) is 50.5. The van der Waals surface area contributed by atoms with E-state index in [0.717, 1.165) is 5.57 Å². The fourth-order valence-electron chi connectivity index (χ4n) is 7.02. The normalized spacial score (nSPS) is 12.6. The Hall–Kier alpha value is -5.52. The van der Waals surface area contributed by atoms with Crippen LogP contribution in [0, 0.1) is 0 Å². The van der Waals surface area contributed by atoms with Crippen molar-refractivity contribution >= 4 is 72.5 Å². The number of hydrogen-bond donors (Lipinski definition) is 5. The molecule has 0 aliphatic heterocycles. The topological polar surface area (TPSA) is 181 Å². The Morgan fingerprint density at radius 1 is 0.723 bits per heavy atom. The van der Waals surface area contributed by atoms with Gasteiger partial charge in [0.1, 0.15) is 11.5 Å². The lowest BCUT2D eigenvalue weighted by Gasteiger charge is -2.25. The van der Waals surface area contributed by atoms with Crippen LogP contribution in [-0.2, 0) is 16.0 Å². The van der Waals surface area contributed by atoms with E-state index in [9.17, 15) is 34.5 Å². The molecule has 12 nitrogen and oxygen atoms in total. The molecule has 0 spiro atoms. The van der Waals surface area contributed by atoms with E-state index in [4.69, 9.17) is 14.2 Å². The van der Waals surface area contributed by atoms with Gasteiger partial charge in [-0.15, -0.1) is 0 Å². The minimum Gasteiger partial charge on any atom is -0.504 e. The third-order valence-electron chi connectivity index (χ3n) is 8.81. The average Bonchev–Trinajstić information content (AvgIpc) is 3.17. The lowest BCUT2D eigenvalue weighted by atomic mass is 9.83. The van der Waals surface area contributed by atoms with Crippen molar-refractivity contribution in [1.29, 1.82) is 0 Å². The molecule has 1 aliphatic rings. The van der Waals surface area contributed by atoms with Crippen molar-refractivity contribution < 1.29 is 39.1 Å². The van der Waals surface area contributed by atoms with Crippen LogP contribution >= 0.6 is 0 Å². The summed E-state index contributed by atoms with van der Waals surface area (Å²) in [5.74, 6) is -1.56. The van der Waals surface area contributed by atoms with Crippen molar-refractivity contribution in [3.05, 3.63) is 49.3 Å². The van der Waals surface area contributed by atoms with Gasteiger partial charge in [0, 0.05) is 76.1 Å². The van der Waals surface area contributed by atoms with Gasteiger partial charge in [0.15, 0.2) is 22.4 Å². The van der Waals surface area contributed by atoms with E-state index in [2.05, 4.69) is 10.6 Å². The summed E-state index contributed by atoms with van der Waals surface area (Å²) in [5.41, 5.74) is 2.31. The van der Waals surface area contributed by atoms with E-state index in [0.29, 0.717) is 73.0 Å². The van der Waals surface area contributed by atoms with Crippen molar-refractivity contribution in [3.63, 3.8) is 0 Å². The van der Waals surface area contributed by atoms with Gasteiger partial charge in [-0.2, -0.15) is 0 Å². The molecule has 5 N–H and O–H groups in total. The van der Waals surface area contributed by atoms with Crippen molar-refractivity contribution in [2.45, 2.75) is 39.0 Å². The summed E-state index contributed by atoms with van der Waals surface area (Å²) >= 11 is 0. The number of hydrogen-bond acceptors (Lipinski definition) is 10. The minimum absolute atomic E-state index is 0.0424. The highest BCUT2D eigenvalue weighted by Crippen LogP contribution is 2.56. The molecule has 0 saturated heterocycles. The summed E-state index contributed by atoms with van der Waals surface area (Å²) in [5, 5.41) is 40.4. The number of aromatic hydroxyl groups is 1. The summed E-state index contributed by atoms with van der Waals surface area (Å²) in [6.45, 7) is 2.41. The average molecular weight is 643 g/mol. The first kappa shape index (κ1) is 31.5. The van der Waals surface area contributed by atoms with Gasteiger partial charge in [-0.05, 0) is 31.6 Å². The number of carboxylic acids is 2. The zero-order valence-electron chi connectivity index (χ0n) is 26.4. The Morgan fingerprint density at radius 2 is 1.26 bits per heavy atom. The summed E-state index contributed by atoms with van der Waals surface area (Å²) < 4.78 is 17.3. The zero-order valence-corrected chi connectivity index (χ0v) is 26.4. The first-order chi connectivity index (χ1) is 22.5. The van der Waals surface area contributed by atoms with Gasteiger partial charge >= 0.3 is 11.9 Å². The second kappa shape index (κ2) is 12.0. The quantitative estimate of drug-likeness (QED) is 0.0649. The SMILES string of the molecule is COc1c(O)c2c(=O)cc(OC)c3c4c(OC)cc(=O)c5c(NCCCC(=O)O)c(NCCCC(=O)O)c6c(c(c1CC(C)=C6)c23)c54. The van der Waals surface area contributed by atoms with Crippen molar-refractivity contribution in [2.75, 3.05) is 45.1 Å². The highest BCUT2D eigenvalue weighted by atomic mass is 16.5. The van der Waals surface area contributed by atoms with Gasteiger partial charge in [0.25, 0.3) is 0 Å². The molecule has 12 heteroatoms. The van der Waals surface area contributed by atoms with Crippen LogP contribution in [0.4, 0.5) is 11.4 Å². The number of fused-ring (bicyclic) bond motifs is 1. The molecule has 5 aromatic carbocycles. The van der Waals surface area contributed by atoms with Gasteiger partial charge < -0.3 is 40.2 Å². The molecule has 0 saturated carbocycles. The highest BCUT2D eigenvalue weighted by molar-refractivity contribution is 6.40. The lowest BCUT2D eigenvalue weighted by Crippen LogP contribution is -2.15. The Kier molecular flexibility index (Phi) is 8.04. The van der Waals surface area contributed by atoms with Crippen molar-refractivity contribution in [2.24, 2.45) is 0 Å². The monoisotopic (exact) mass is 642 g/mol. The van der Waals surface area contributed by atoms with Gasteiger partial charge in [0.05, 0.1) is 43.5 Å². The number of benzene rings is 5. The molecule has 1 aliphatic carbocycles. The number of ether oxygens (including phenoxy) is 3. The molecule has 0 atom stereocenters. The number of allylic oxidation sites excluding steroid dienone is 1. The third-order valence-corrected chi connectivity index (χ3v) is 8.81. The van der Waals surface area contributed by atoms with Crippen LogP contribution < -0.4 is 35.7 Å². The Balaban J connectivity index is 1.90. The Bertz CT molecular complexity index is 2260. The molecule has 0 fully saturated rings. The minimum atomic E-state index is -0.950. The van der Waals surface area contributed by atoms with Crippen LogP contribution in [0.2, 0.25) is 0 Å². The molecule has 0 amide bonds. The number of methoxy groups -OCH3 is 3. The first-order valence-corrected chi connectivity index (χ1v) is 15.2. The fraction of sp³-hybridized carbons (Fsp3) is 0.314. The molecule has 244 valence electrons. The molecular weight excluding hydrogens is 608 g/mol. The van der Waals surface area contributed by atoms with E-state index >= 15 is 0 Å². The molecule has 0 aromatic heterocycles. The van der Waals surface area contributed by atoms with Crippen LogP contribution in [-0.4, -0.2) is 61.7 Å². The second-order valence-corrected chi connectivity index (χ2v) is 11.7. The number of nitrogens with one attached hydrogen (secondary N) is 2. The number of rotatable bonds is 13. The zero-order chi connectivity index (χ0) is 33.7. The number of anilines is 2. The van der Waals surface area contributed by atoms with E-state index < -0.39 is 17.4 Å². The largest absolute Gasteiger partial charge is 0.504 e. The predicted molar refractivity (Wildman–Crippen MR) is 181 cm³/mol. The van der Waals surface area contributed by atoms with Crippen molar-refractivity contribution in [1.82, 2.24) is 0 Å². The van der Waals surface area contributed by atoms with Gasteiger partial charge in [-0.25, -0.2) is 0 Å². The van der Waals surface area contributed by atoms with Gasteiger partial charge in [-0.3, -0.25) is 19.2 Å². The number of phenolic OH excluding ortho intramolecular Hbond substituents is 1. The molecule has 0 bridgehead atoms. The standard InChI is InChI=1S/C35H34N2O10/c1-15-11-16-24-25-17(12-15)35(47-4)34(44)27-19(39)14-21(46-3)29(31(25)27)28-20(45-2)13-18(38)26(30(24)28)33(37-10-6-8-23(42)43)32(16)36-9-5-7-22(40)41/h11,13-14,36-37,44H,5-10,12H2,1-4H3,(H,40,41)(H,42,43). The van der Waals surface area contributed by atoms with E-state index in [-0.39, 0.29) is 66.2 Å². The molecule has 0 heterocycles. The molecule has 5 aromatic rings. The smallest absolute Gasteiger partial charge is 0.303 e. The fourth-order valence-corrected chi connectivity index (χ4v) is 7.02. The van der Waals surface area contributed by atoms with Crippen LogP contribution in [0.15, 0.2) is 27.3 Å². The van der Waals surface area contributed by atoms with Crippen LogP contribution in [0.5, 0.6) is 23.0 Å². The molecule has 0 unspecified atom stereocenters. The van der Waals surface area contributed by atoms with Gasteiger partial charge in [-0.1, -0.05) is 11.6 Å². The van der Waals surface area contributed by atoms with Crippen LogP contribution in [0.25, 0.3) is 49.2 Å². The maximum Gasteiger partial charge on any atom is 0.303 e. The molecular formula is C35H34N2O10. The molecule has 6 rings (SSSR count). The van der Waals surface area contributed by atoms with E-state index in [1.54, 1.807) is 0 Å². The van der Waals surface area contributed by atoms with Gasteiger partial charge in [0.2, 0.25) is 0 Å². The van der Waals surface area contributed by atoms with Crippen LogP contribution in [0.1, 0.15) is 43.7 Å². The maximum atomic E-state index is 14.2. The third kappa shape index (κ3) is 4.91. The van der Waals surface area contributed by atoms with Crippen molar-refractivity contribution in [3.8, 4) is 23.0 Å². The summed E-state index contributed by atoms with van der Waals surface area (Å²) in [6.07, 6.45) is 2.72. The number of aliphatic carboxylic acids is 2. The molecule has 0 radical (unpaired) electrons. The van der Waals surface area contributed by atoms with E-state index in [1.165, 1.54) is 33.5 Å². The second-order valence-electron chi connectivity index (χ2n) is 11.7. The lowest BCUT2D eigenvalue weighted by molar-refractivity contribution is -0.138. The highest BCUT2D eigenvalue weighted by Gasteiger charge is 2.33. The Labute approximate surface area is 267 Å². The predicted octanol–water partition coefficient (Wildman–Crippen LogP) is 5.14. The maximum absolute atomic E-state index is 14.2. The number of phenols is 1. The number of carbonyl (C=O) groups is 2. The first-order valence-electron chi connectivity index (χ1n) is 15.2. The number of carboxylic acid groups (broad SMARTS) is 2. The van der Waals surface area contributed by atoms with Crippen LogP contribution in [0.3, 0.4) is 0 Å². The Morgan fingerprint density at radius 3 is 1.79 bits per heavy atom.